The molecule has 2 saturated heterocycles. The van der Waals surface area contributed by atoms with E-state index in [1.165, 1.54) is 19.0 Å². The van der Waals surface area contributed by atoms with Crippen LogP contribution in [0.3, 0.4) is 0 Å². The molecule has 0 spiro atoms. The van der Waals surface area contributed by atoms with Crippen LogP contribution < -0.4 is 4.74 Å². The first-order valence-corrected chi connectivity index (χ1v) is 10.6. The van der Waals surface area contributed by atoms with E-state index in [0.717, 1.165) is 25.9 Å². The molecule has 1 atom stereocenters. The van der Waals surface area contributed by atoms with Crippen LogP contribution in [-0.2, 0) is 4.79 Å². The Morgan fingerprint density at radius 2 is 2.08 bits per heavy atom. The van der Waals surface area contributed by atoms with Crippen molar-refractivity contribution < 1.29 is 14.3 Å². The van der Waals surface area contributed by atoms with Crippen molar-refractivity contribution in [2.24, 2.45) is 5.92 Å². The third kappa shape index (κ3) is 3.78. The number of ether oxygens (including phenoxy) is 1. The van der Waals surface area contributed by atoms with Crippen molar-refractivity contribution >= 4 is 35.2 Å². The van der Waals surface area contributed by atoms with Crippen molar-refractivity contribution in [2.45, 2.75) is 31.7 Å². The summed E-state index contributed by atoms with van der Waals surface area (Å²) in [6, 6.07) is 1.20. The van der Waals surface area contributed by atoms with E-state index < -0.39 is 6.04 Å². The normalized spacial score (nSPS) is 22.7. The van der Waals surface area contributed by atoms with Gasteiger partial charge in [0, 0.05) is 25.0 Å². The molecule has 0 N–H and O–H groups in total. The minimum atomic E-state index is -0.393. The van der Waals surface area contributed by atoms with Crippen LogP contribution in [0.15, 0.2) is 12.3 Å². The highest BCUT2D eigenvalue weighted by Crippen LogP contribution is 2.32. The average Bonchev–Trinajstić information content (AvgIpc) is 3.13. The van der Waals surface area contributed by atoms with Gasteiger partial charge in [0.1, 0.15) is 11.1 Å². The first-order chi connectivity index (χ1) is 12.6. The molecule has 6 nitrogen and oxygen atoms in total. The number of pyridine rings is 1. The summed E-state index contributed by atoms with van der Waals surface area (Å²) >= 11 is 7.85. The van der Waals surface area contributed by atoms with Gasteiger partial charge in [0.05, 0.1) is 18.0 Å². The van der Waals surface area contributed by atoms with Crippen molar-refractivity contribution in [2.75, 3.05) is 31.3 Å². The van der Waals surface area contributed by atoms with Crippen LogP contribution in [0.2, 0.25) is 5.02 Å². The fourth-order valence-electron chi connectivity index (χ4n) is 3.29. The molecule has 8 heteroatoms. The number of carbonyl (C=O) groups is 2. The Balaban J connectivity index is 1.45. The standard InChI is InChI=1S/C18H22ClN3O3S/c19-14-7-13(8-20-16(14)25-9-12-3-4-12)17(23)22-11-26-10-15(22)18(24)21-5-1-2-6-21/h7-8,12,15H,1-6,9-11H2. The van der Waals surface area contributed by atoms with Gasteiger partial charge in [0.25, 0.3) is 5.91 Å². The predicted octanol–water partition coefficient (Wildman–Crippen LogP) is 2.66. The topological polar surface area (TPSA) is 62.7 Å². The number of rotatable bonds is 5. The number of likely N-dealkylation sites (tertiary alicyclic amines) is 1. The maximum Gasteiger partial charge on any atom is 0.256 e. The van der Waals surface area contributed by atoms with Crippen LogP contribution in [0, 0.1) is 5.92 Å². The molecule has 4 rings (SSSR count). The van der Waals surface area contributed by atoms with Crippen LogP contribution in [-0.4, -0.2) is 64.0 Å². The molecule has 1 unspecified atom stereocenters. The molecule has 1 saturated carbocycles. The van der Waals surface area contributed by atoms with E-state index in [2.05, 4.69) is 4.98 Å². The third-order valence-electron chi connectivity index (χ3n) is 5.05. The zero-order valence-corrected chi connectivity index (χ0v) is 16.1. The second-order valence-corrected chi connectivity index (χ2v) is 8.50. The Morgan fingerprint density at radius 3 is 2.77 bits per heavy atom. The predicted molar refractivity (Wildman–Crippen MR) is 101 cm³/mol. The number of halogens is 1. The minimum Gasteiger partial charge on any atom is -0.476 e. The summed E-state index contributed by atoms with van der Waals surface area (Å²) in [7, 11) is 0. The lowest BCUT2D eigenvalue weighted by atomic mass is 10.2. The lowest BCUT2D eigenvalue weighted by Gasteiger charge is -2.27. The molecule has 0 radical (unpaired) electrons. The number of hydrogen-bond acceptors (Lipinski definition) is 5. The Labute approximate surface area is 162 Å². The Bertz CT molecular complexity index is 707. The maximum absolute atomic E-state index is 12.9. The Morgan fingerprint density at radius 1 is 1.31 bits per heavy atom. The minimum absolute atomic E-state index is 0.0595. The third-order valence-corrected chi connectivity index (χ3v) is 6.34. The summed E-state index contributed by atoms with van der Waals surface area (Å²) in [6.45, 7) is 2.21. The van der Waals surface area contributed by atoms with Crippen molar-refractivity contribution in [1.29, 1.82) is 0 Å². The largest absolute Gasteiger partial charge is 0.476 e. The second-order valence-electron chi connectivity index (χ2n) is 7.09. The summed E-state index contributed by atoms with van der Waals surface area (Å²) in [5.41, 5.74) is 0.399. The molecule has 0 bridgehead atoms. The average molecular weight is 396 g/mol. The fourth-order valence-corrected chi connectivity index (χ4v) is 4.66. The van der Waals surface area contributed by atoms with E-state index in [1.54, 1.807) is 22.7 Å². The second kappa shape index (κ2) is 7.64. The smallest absolute Gasteiger partial charge is 0.256 e. The SMILES string of the molecule is O=C(C1CSCN1C(=O)c1cnc(OCC2CC2)c(Cl)c1)N1CCCC1. The first kappa shape index (κ1) is 17.9. The molecule has 0 aromatic carbocycles. The van der Waals surface area contributed by atoms with Gasteiger partial charge in [-0.1, -0.05) is 11.6 Å². The molecule has 3 fully saturated rings. The molecule has 26 heavy (non-hydrogen) atoms. The molecule has 1 aliphatic carbocycles. The summed E-state index contributed by atoms with van der Waals surface area (Å²) in [5, 5.41) is 0.339. The van der Waals surface area contributed by atoms with Crippen LogP contribution in [0.1, 0.15) is 36.0 Å². The lowest BCUT2D eigenvalue weighted by Crippen LogP contribution is -2.48. The number of aromatic nitrogens is 1. The number of thioether (sulfide) groups is 1. The Kier molecular flexibility index (Phi) is 5.27. The quantitative estimate of drug-likeness (QED) is 0.767. The van der Waals surface area contributed by atoms with Gasteiger partial charge >= 0.3 is 0 Å². The van der Waals surface area contributed by atoms with E-state index >= 15 is 0 Å². The molecular weight excluding hydrogens is 374 g/mol. The first-order valence-electron chi connectivity index (χ1n) is 9.09. The highest BCUT2D eigenvalue weighted by Gasteiger charge is 2.38. The van der Waals surface area contributed by atoms with Crippen molar-refractivity contribution in [3.63, 3.8) is 0 Å². The maximum atomic E-state index is 12.9. The monoisotopic (exact) mass is 395 g/mol. The van der Waals surface area contributed by atoms with Crippen molar-refractivity contribution in [1.82, 2.24) is 14.8 Å². The molecular formula is C18H22ClN3O3S. The van der Waals surface area contributed by atoms with E-state index in [0.29, 0.717) is 40.6 Å². The molecule has 2 aliphatic heterocycles. The van der Waals surface area contributed by atoms with Crippen LogP contribution in [0.5, 0.6) is 5.88 Å². The van der Waals surface area contributed by atoms with Gasteiger partial charge in [-0.05, 0) is 37.7 Å². The molecule has 3 heterocycles. The van der Waals surface area contributed by atoms with Crippen LogP contribution in [0.25, 0.3) is 0 Å². The van der Waals surface area contributed by atoms with E-state index in [-0.39, 0.29) is 11.8 Å². The summed E-state index contributed by atoms with van der Waals surface area (Å²) < 4.78 is 5.61. The van der Waals surface area contributed by atoms with E-state index in [4.69, 9.17) is 16.3 Å². The number of amides is 2. The van der Waals surface area contributed by atoms with Gasteiger partial charge in [-0.15, -0.1) is 11.8 Å². The van der Waals surface area contributed by atoms with Gasteiger partial charge < -0.3 is 14.5 Å². The van der Waals surface area contributed by atoms with Gasteiger partial charge in [-0.2, -0.15) is 0 Å². The van der Waals surface area contributed by atoms with Crippen molar-refractivity contribution in [3.05, 3.63) is 22.8 Å². The van der Waals surface area contributed by atoms with Gasteiger partial charge in [-0.3, -0.25) is 9.59 Å². The summed E-state index contributed by atoms with van der Waals surface area (Å²) in [6.07, 6.45) is 5.96. The summed E-state index contributed by atoms with van der Waals surface area (Å²) in [4.78, 5) is 33.4. The molecule has 1 aromatic heterocycles. The fraction of sp³-hybridized carbons (Fsp3) is 0.611. The number of nitrogens with zero attached hydrogens (tertiary/aromatic N) is 3. The number of carbonyl (C=O) groups excluding carboxylic acids is 2. The Hall–Kier alpha value is -1.47. The molecule has 3 aliphatic rings. The number of hydrogen-bond donors (Lipinski definition) is 0. The van der Waals surface area contributed by atoms with E-state index in [1.807, 2.05) is 4.90 Å². The van der Waals surface area contributed by atoms with Crippen molar-refractivity contribution in [3.8, 4) is 5.88 Å². The highest BCUT2D eigenvalue weighted by atomic mass is 35.5. The summed E-state index contributed by atoms with van der Waals surface area (Å²) in [5.74, 6) is 1.99. The highest BCUT2D eigenvalue weighted by molar-refractivity contribution is 7.99. The molecule has 140 valence electrons. The van der Waals surface area contributed by atoms with Gasteiger partial charge in [-0.25, -0.2) is 4.98 Å². The van der Waals surface area contributed by atoms with E-state index in [9.17, 15) is 9.59 Å². The van der Waals surface area contributed by atoms with Gasteiger partial charge in [0.15, 0.2) is 0 Å². The molecule has 1 aromatic rings. The zero-order valence-electron chi connectivity index (χ0n) is 14.5. The van der Waals surface area contributed by atoms with Crippen LogP contribution in [0.4, 0.5) is 0 Å². The van der Waals surface area contributed by atoms with Gasteiger partial charge in [0.2, 0.25) is 11.8 Å². The zero-order chi connectivity index (χ0) is 18.1. The molecule has 2 amide bonds. The van der Waals surface area contributed by atoms with Crippen LogP contribution >= 0.6 is 23.4 Å². The lowest BCUT2D eigenvalue weighted by molar-refractivity contribution is -0.133.